The van der Waals surface area contributed by atoms with Crippen LogP contribution in [0.4, 0.5) is 10.1 Å². The molecule has 118 valence electrons. The van der Waals surface area contributed by atoms with Crippen LogP contribution < -0.4 is 15.2 Å². The number of carbonyl (C=O) groups is 1. The van der Waals surface area contributed by atoms with Crippen LogP contribution in [0.2, 0.25) is 0 Å². The van der Waals surface area contributed by atoms with Crippen molar-refractivity contribution >= 4 is 11.6 Å². The Labute approximate surface area is 129 Å². The number of anilines is 1. The van der Waals surface area contributed by atoms with Crippen molar-refractivity contribution in [2.45, 2.75) is 0 Å². The summed E-state index contributed by atoms with van der Waals surface area (Å²) in [5.41, 5.74) is 2.50. The average Bonchev–Trinajstić information content (AvgIpc) is 2.85. The molecular formula is C14H12FN4O4+. The van der Waals surface area contributed by atoms with Crippen molar-refractivity contribution in [2.75, 3.05) is 18.7 Å². The minimum absolute atomic E-state index is 0.0784. The predicted octanol–water partition coefficient (Wildman–Crippen LogP) is 1.15. The van der Waals surface area contributed by atoms with E-state index < -0.39 is 17.5 Å². The van der Waals surface area contributed by atoms with Gasteiger partial charge in [0.25, 0.3) is 4.98 Å². The lowest BCUT2D eigenvalue weighted by atomic mass is 10.1. The van der Waals surface area contributed by atoms with Crippen LogP contribution in [0.1, 0.15) is 0 Å². The molecule has 1 aliphatic heterocycles. The number of hydrogen-bond donors (Lipinski definition) is 2. The smallest absolute Gasteiger partial charge is 0.307 e. The van der Waals surface area contributed by atoms with E-state index >= 15 is 0 Å². The van der Waals surface area contributed by atoms with Gasteiger partial charge in [0.05, 0.1) is 12.0 Å². The number of nitrogens with one attached hydrogen (secondary N) is 1. The second-order valence-electron chi connectivity index (χ2n) is 4.78. The normalized spacial score (nSPS) is 14.1. The monoisotopic (exact) mass is 319 g/mol. The molecule has 0 aliphatic carbocycles. The van der Waals surface area contributed by atoms with Gasteiger partial charge in [0, 0.05) is 17.8 Å². The SMILES string of the molecule is COc1ccc(-c2cc(O)c(N3CC(=O)N[N+]3=O)c(F)c2)cn1. The Morgan fingerprint density at radius 3 is 2.70 bits per heavy atom. The molecule has 8 nitrogen and oxygen atoms in total. The number of nitroso groups, excluding NO2 is 1. The Bertz CT molecular complexity index is 771. The second kappa shape index (κ2) is 5.52. The summed E-state index contributed by atoms with van der Waals surface area (Å²) >= 11 is 0. The van der Waals surface area contributed by atoms with Crippen molar-refractivity contribution < 1.29 is 24.0 Å². The maximum atomic E-state index is 14.3. The van der Waals surface area contributed by atoms with Gasteiger partial charge in [-0.25, -0.2) is 9.37 Å². The number of benzene rings is 1. The Morgan fingerprint density at radius 1 is 1.39 bits per heavy atom. The van der Waals surface area contributed by atoms with Gasteiger partial charge in [-0.3, -0.25) is 4.79 Å². The van der Waals surface area contributed by atoms with Crippen LogP contribution >= 0.6 is 0 Å². The molecule has 0 spiro atoms. The molecule has 2 N–H and O–H groups in total. The first-order valence-corrected chi connectivity index (χ1v) is 6.56. The molecular weight excluding hydrogens is 307 g/mol. The third-order valence-corrected chi connectivity index (χ3v) is 3.31. The van der Waals surface area contributed by atoms with Gasteiger partial charge in [-0.15, -0.1) is 0 Å². The maximum absolute atomic E-state index is 14.3. The number of methoxy groups -OCH3 is 1. The zero-order valence-electron chi connectivity index (χ0n) is 12.0. The second-order valence-corrected chi connectivity index (χ2v) is 4.78. The van der Waals surface area contributed by atoms with E-state index in [1.54, 1.807) is 12.1 Å². The van der Waals surface area contributed by atoms with Crippen molar-refractivity contribution in [2.24, 2.45) is 0 Å². The predicted molar refractivity (Wildman–Crippen MR) is 77.0 cm³/mol. The summed E-state index contributed by atoms with van der Waals surface area (Å²) in [4.78, 5) is 26.8. The summed E-state index contributed by atoms with van der Waals surface area (Å²) < 4.78 is 19.3. The van der Waals surface area contributed by atoms with E-state index in [0.717, 1.165) is 11.1 Å². The zero-order valence-corrected chi connectivity index (χ0v) is 12.0. The fourth-order valence-corrected chi connectivity index (χ4v) is 2.25. The number of hydrogen-bond acceptors (Lipinski definition) is 5. The largest absolute Gasteiger partial charge is 0.505 e. The van der Waals surface area contributed by atoms with Crippen LogP contribution in [0.25, 0.3) is 11.1 Å². The van der Waals surface area contributed by atoms with E-state index in [9.17, 15) is 19.2 Å². The number of ether oxygens (including phenoxy) is 1. The molecule has 1 aromatic carbocycles. The molecule has 1 saturated heterocycles. The topological polar surface area (TPSA) is 94.8 Å². The highest BCUT2D eigenvalue weighted by Gasteiger charge is 2.40. The van der Waals surface area contributed by atoms with Crippen molar-refractivity contribution in [1.82, 2.24) is 10.4 Å². The van der Waals surface area contributed by atoms with E-state index in [4.69, 9.17) is 4.74 Å². The quantitative estimate of drug-likeness (QED) is 0.824. The minimum Gasteiger partial charge on any atom is -0.505 e. The fourth-order valence-electron chi connectivity index (χ4n) is 2.25. The first kappa shape index (κ1) is 14.7. The first-order chi connectivity index (χ1) is 11.0. The Morgan fingerprint density at radius 2 is 2.17 bits per heavy atom. The summed E-state index contributed by atoms with van der Waals surface area (Å²) in [7, 11) is 1.47. The summed E-state index contributed by atoms with van der Waals surface area (Å²) in [6, 6.07) is 5.69. The van der Waals surface area contributed by atoms with Gasteiger partial charge in [-0.1, -0.05) is 10.4 Å². The molecule has 0 radical (unpaired) electrons. The number of phenolic OH excluding ortho intramolecular Hbond substituents is 1. The van der Waals surface area contributed by atoms with Gasteiger partial charge < -0.3 is 9.84 Å². The summed E-state index contributed by atoms with van der Waals surface area (Å²) in [5.74, 6) is -1.50. The summed E-state index contributed by atoms with van der Waals surface area (Å²) in [5, 5.41) is 10.8. The van der Waals surface area contributed by atoms with Crippen LogP contribution in [0, 0.1) is 10.7 Å². The van der Waals surface area contributed by atoms with Gasteiger partial charge in [-0.05, 0) is 23.8 Å². The number of phenols is 1. The third-order valence-electron chi connectivity index (χ3n) is 3.31. The van der Waals surface area contributed by atoms with Crippen LogP contribution in [-0.4, -0.2) is 34.6 Å². The highest BCUT2D eigenvalue weighted by molar-refractivity contribution is 5.82. The Balaban J connectivity index is 2.00. The number of aromatic nitrogens is 1. The van der Waals surface area contributed by atoms with Crippen molar-refractivity contribution in [3.8, 4) is 22.8 Å². The van der Waals surface area contributed by atoms with E-state index in [1.165, 1.54) is 19.4 Å². The zero-order chi connectivity index (χ0) is 16.6. The number of amides is 1. The highest BCUT2D eigenvalue weighted by Crippen LogP contribution is 2.36. The molecule has 0 unspecified atom stereocenters. The maximum Gasteiger partial charge on any atom is 0.307 e. The van der Waals surface area contributed by atoms with Gasteiger partial charge in [-0.2, -0.15) is 0 Å². The number of rotatable bonds is 3. The number of hydrazine groups is 2. The molecule has 9 heteroatoms. The number of carbonyl (C=O) groups excluding carboxylic acids is 1. The Kier molecular flexibility index (Phi) is 3.53. The molecule has 0 saturated carbocycles. The minimum atomic E-state index is -0.840. The molecule has 2 heterocycles. The fraction of sp³-hybridized carbons (Fsp3) is 0.143. The van der Waals surface area contributed by atoms with Gasteiger partial charge in [0.15, 0.2) is 18.0 Å². The Hall–Kier alpha value is -3.23. The molecule has 0 atom stereocenters. The van der Waals surface area contributed by atoms with E-state index in [0.29, 0.717) is 17.0 Å². The first-order valence-electron chi connectivity index (χ1n) is 6.56. The van der Waals surface area contributed by atoms with E-state index in [1.807, 2.05) is 5.43 Å². The van der Waals surface area contributed by atoms with Crippen molar-refractivity contribution in [1.29, 1.82) is 0 Å². The molecule has 2 aromatic rings. The van der Waals surface area contributed by atoms with Crippen LogP contribution in [0.3, 0.4) is 0 Å². The standard InChI is InChI=1S/C14H11FN4O4/c1-23-13-3-2-8(6-16-13)9-4-10(15)14(11(20)5-9)18-7-12(21)17-19(18)22/h2-6H,7H2,1H3,(H-,17,20,21,22)/p+1. The van der Waals surface area contributed by atoms with Crippen molar-refractivity contribution in [3.63, 3.8) is 0 Å². The third kappa shape index (κ3) is 2.63. The van der Waals surface area contributed by atoms with Crippen molar-refractivity contribution in [3.05, 3.63) is 41.2 Å². The lowest BCUT2D eigenvalue weighted by molar-refractivity contribution is -0.591. The van der Waals surface area contributed by atoms with E-state index in [-0.39, 0.29) is 17.2 Å². The van der Waals surface area contributed by atoms with E-state index in [2.05, 4.69) is 4.98 Å². The number of aromatic hydroxyl groups is 1. The van der Waals surface area contributed by atoms with Gasteiger partial charge >= 0.3 is 5.91 Å². The van der Waals surface area contributed by atoms with Crippen LogP contribution in [0.5, 0.6) is 11.6 Å². The highest BCUT2D eigenvalue weighted by atomic mass is 19.1. The molecule has 0 bridgehead atoms. The van der Waals surface area contributed by atoms with Crippen LogP contribution in [0.15, 0.2) is 30.5 Å². The number of halogens is 1. The molecule has 1 fully saturated rings. The molecule has 1 amide bonds. The van der Waals surface area contributed by atoms with Crippen LogP contribution in [-0.2, 0) is 4.79 Å². The molecule has 3 rings (SSSR count). The van der Waals surface area contributed by atoms with Gasteiger partial charge in [0.1, 0.15) is 5.75 Å². The molecule has 1 aromatic heterocycles. The lowest BCUT2D eigenvalue weighted by Crippen LogP contribution is -2.31. The lowest BCUT2D eigenvalue weighted by Gasteiger charge is -2.11. The van der Waals surface area contributed by atoms with Gasteiger partial charge in [0.2, 0.25) is 5.88 Å². The number of nitrogens with zero attached hydrogens (tertiary/aromatic N) is 3. The summed E-state index contributed by atoms with van der Waals surface area (Å²) in [6.07, 6.45) is 1.47. The number of pyridine rings is 1. The molecule has 1 aliphatic rings. The summed E-state index contributed by atoms with van der Waals surface area (Å²) in [6.45, 7) is -0.378. The molecule has 23 heavy (non-hydrogen) atoms. The average molecular weight is 319 g/mol.